The first-order chi connectivity index (χ1) is 7.84. The Bertz CT molecular complexity index is 633. The van der Waals surface area contributed by atoms with E-state index in [4.69, 9.17) is 11.6 Å². The molecule has 0 amide bonds. The van der Waals surface area contributed by atoms with Gasteiger partial charge in [-0.05, 0) is 0 Å². The minimum absolute atomic E-state index is 0.416. The highest BCUT2D eigenvalue weighted by molar-refractivity contribution is 6.29. The molecule has 0 saturated heterocycles. The summed E-state index contributed by atoms with van der Waals surface area (Å²) in [5, 5.41) is 8.58. The van der Waals surface area contributed by atoms with Crippen LogP contribution < -0.4 is 0 Å². The van der Waals surface area contributed by atoms with Gasteiger partial charge in [0.2, 0.25) is 0 Å². The number of halogens is 1. The first-order valence-corrected chi connectivity index (χ1v) is 5.14. The molecule has 3 aromatic rings. The Morgan fingerprint density at radius 1 is 1.06 bits per heavy atom. The first-order valence-electron chi connectivity index (χ1n) is 4.76. The molecule has 78 valence electrons. The van der Waals surface area contributed by atoms with Crippen molar-refractivity contribution < 1.29 is 0 Å². The second-order valence-electron chi connectivity index (χ2n) is 3.33. The zero-order valence-corrected chi connectivity index (χ0v) is 8.96. The summed E-state index contributed by atoms with van der Waals surface area (Å²) < 4.78 is 1.81. The molecule has 0 atom stereocenters. The Morgan fingerprint density at radius 3 is 2.69 bits per heavy atom. The molecular weight excluding hydrogens is 224 g/mol. The van der Waals surface area contributed by atoms with Crippen molar-refractivity contribution in [2.45, 2.75) is 0 Å². The van der Waals surface area contributed by atoms with Crippen LogP contribution in [0.4, 0.5) is 0 Å². The SMILES string of the molecule is Clc1cc2nnc(-c3ccccc3)n2cn1. The summed E-state index contributed by atoms with van der Waals surface area (Å²) in [6.07, 6.45) is 1.62. The summed E-state index contributed by atoms with van der Waals surface area (Å²) in [6, 6.07) is 11.5. The third-order valence-corrected chi connectivity index (χ3v) is 2.51. The summed E-state index contributed by atoms with van der Waals surface area (Å²) >= 11 is 5.78. The highest BCUT2D eigenvalue weighted by atomic mass is 35.5. The molecule has 0 aliphatic carbocycles. The number of fused-ring (bicyclic) bond motifs is 1. The smallest absolute Gasteiger partial charge is 0.169 e. The van der Waals surface area contributed by atoms with Gasteiger partial charge in [-0.15, -0.1) is 10.2 Å². The van der Waals surface area contributed by atoms with E-state index in [0.29, 0.717) is 10.8 Å². The molecule has 3 rings (SSSR count). The number of rotatable bonds is 1. The monoisotopic (exact) mass is 230 g/mol. The van der Waals surface area contributed by atoms with Crippen molar-refractivity contribution in [1.82, 2.24) is 19.6 Å². The molecule has 0 spiro atoms. The maximum atomic E-state index is 5.78. The molecule has 0 radical (unpaired) electrons. The molecule has 1 aromatic carbocycles. The van der Waals surface area contributed by atoms with Crippen LogP contribution in [0, 0.1) is 0 Å². The van der Waals surface area contributed by atoms with Gasteiger partial charge in [0.1, 0.15) is 11.5 Å². The van der Waals surface area contributed by atoms with Gasteiger partial charge < -0.3 is 0 Å². The highest BCUT2D eigenvalue weighted by Gasteiger charge is 2.07. The molecule has 0 N–H and O–H groups in total. The summed E-state index contributed by atoms with van der Waals surface area (Å²) in [7, 11) is 0. The van der Waals surface area contributed by atoms with Crippen molar-refractivity contribution >= 4 is 17.2 Å². The van der Waals surface area contributed by atoms with Gasteiger partial charge in [0, 0.05) is 11.6 Å². The lowest BCUT2D eigenvalue weighted by Crippen LogP contribution is -1.90. The fraction of sp³-hybridized carbons (Fsp3) is 0. The van der Waals surface area contributed by atoms with E-state index in [-0.39, 0.29) is 0 Å². The van der Waals surface area contributed by atoms with Crippen LogP contribution in [0.3, 0.4) is 0 Å². The standard InChI is InChI=1S/C11H7ClN4/c12-9-6-10-14-15-11(16(10)7-13-9)8-4-2-1-3-5-8/h1-7H. The molecule has 0 fully saturated rings. The second kappa shape index (κ2) is 3.57. The predicted molar refractivity (Wildman–Crippen MR) is 61.2 cm³/mol. The molecule has 0 saturated carbocycles. The molecule has 5 heteroatoms. The number of nitrogens with zero attached hydrogens (tertiary/aromatic N) is 4. The van der Waals surface area contributed by atoms with Crippen molar-refractivity contribution in [1.29, 1.82) is 0 Å². The third-order valence-electron chi connectivity index (χ3n) is 2.30. The molecular formula is C11H7ClN4. The van der Waals surface area contributed by atoms with E-state index in [2.05, 4.69) is 15.2 Å². The van der Waals surface area contributed by atoms with Gasteiger partial charge in [0.05, 0.1) is 0 Å². The fourth-order valence-corrected chi connectivity index (χ4v) is 1.70. The van der Waals surface area contributed by atoms with Crippen LogP contribution in [0.1, 0.15) is 0 Å². The van der Waals surface area contributed by atoms with Crippen LogP contribution in [0.25, 0.3) is 17.0 Å². The zero-order chi connectivity index (χ0) is 11.0. The number of aromatic nitrogens is 4. The Kier molecular flexibility index (Phi) is 2.08. The van der Waals surface area contributed by atoms with Crippen molar-refractivity contribution in [3.63, 3.8) is 0 Å². The first kappa shape index (κ1) is 9.30. The summed E-state index contributed by atoms with van der Waals surface area (Å²) in [5.74, 6) is 0.764. The molecule has 0 bridgehead atoms. The van der Waals surface area contributed by atoms with E-state index in [1.807, 2.05) is 30.3 Å². The van der Waals surface area contributed by atoms with Gasteiger partial charge in [-0.25, -0.2) is 4.98 Å². The second-order valence-corrected chi connectivity index (χ2v) is 3.72. The van der Waals surface area contributed by atoms with E-state index in [9.17, 15) is 0 Å². The van der Waals surface area contributed by atoms with E-state index < -0.39 is 0 Å². The van der Waals surface area contributed by atoms with Crippen molar-refractivity contribution in [3.8, 4) is 11.4 Å². The van der Waals surface area contributed by atoms with Gasteiger partial charge in [0.25, 0.3) is 0 Å². The van der Waals surface area contributed by atoms with E-state index in [0.717, 1.165) is 11.4 Å². The van der Waals surface area contributed by atoms with E-state index in [1.54, 1.807) is 16.8 Å². The van der Waals surface area contributed by atoms with Crippen LogP contribution in [0.15, 0.2) is 42.7 Å². The van der Waals surface area contributed by atoms with Crippen LogP contribution in [0.2, 0.25) is 5.15 Å². The average Bonchev–Trinajstić information content (AvgIpc) is 2.73. The lowest BCUT2D eigenvalue weighted by molar-refractivity contribution is 1.08. The lowest BCUT2D eigenvalue weighted by Gasteiger charge is -1.98. The van der Waals surface area contributed by atoms with Gasteiger partial charge in [-0.3, -0.25) is 4.40 Å². The average molecular weight is 231 g/mol. The number of benzene rings is 1. The van der Waals surface area contributed by atoms with Crippen LogP contribution in [-0.2, 0) is 0 Å². The Hall–Kier alpha value is -1.94. The maximum absolute atomic E-state index is 5.78. The molecule has 0 unspecified atom stereocenters. The number of hydrogen-bond acceptors (Lipinski definition) is 3. The Balaban J connectivity index is 2.26. The topological polar surface area (TPSA) is 43.1 Å². The molecule has 0 aliphatic heterocycles. The molecule has 2 heterocycles. The summed E-state index contributed by atoms with van der Waals surface area (Å²) in [4.78, 5) is 4.01. The minimum Gasteiger partial charge on any atom is -0.265 e. The number of hydrogen-bond donors (Lipinski definition) is 0. The molecule has 2 aromatic heterocycles. The van der Waals surface area contributed by atoms with E-state index >= 15 is 0 Å². The largest absolute Gasteiger partial charge is 0.265 e. The van der Waals surface area contributed by atoms with Crippen LogP contribution >= 0.6 is 11.6 Å². The molecule has 4 nitrogen and oxygen atoms in total. The summed E-state index contributed by atoms with van der Waals surface area (Å²) in [5.41, 5.74) is 1.69. The van der Waals surface area contributed by atoms with Crippen molar-refractivity contribution in [2.24, 2.45) is 0 Å². The predicted octanol–water partition coefficient (Wildman–Crippen LogP) is 2.44. The maximum Gasteiger partial charge on any atom is 0.169 e. The third kappa shape index (κ3) is 1.44. The quantitative estimate of drug-likeness (QED) is 0.603. The van der Waals surface area contributed by atoms with Crippen molar-refractivity contribution in [3.05, 3.63) is 47.9 Å². The normalized spacial score (nSPS) is 10.8. The Morgan fingerprint density at radius 2 is 1.88 bits per heavy atom. The summed E-state index contributed by atoms with van der Waals surface area (Å²) in [6.45, 7) is 0. The lowest BCUT2D eigenvalue weighted by atomic mass is 10.2. The highest BCUT2D eigenvalue weighted by Crippen LogP contribution is 2.18. The Labute approximate surface area is 96.5 Å². The fourth-order valence-electron chi connectivity index (χ4n) is 1.56. The molecule has 0 aliphatic rings. The van der Waals surface area contributed by atoms with Gasteiger partial charge in [-0.2, -0.15) is 0 Å². The van der Waals surface area contributed by atoms with E-state index in [1.165, 1.54) is 0 Å². The molecule has 16 heavy (non-hydrogen) atoms. The van der Waals surface area contributed by atoms with Gasteiger partial charge in [-0.1, -0.05) is 41.9 Å². The van der Waals surface area contributed by atoms with Gasteiger partial charge in [0.15, 0.2) is 11.5 Å². The zero-order valence-electron chi connectivity index (χ0n) is 8.21. The minimum atomic E-state index is 0.416. The van der Waals surface area contributed by atoms with Crippen molar-refractivity contribution in [2.75, 3.05) is 0 Å². The van der Waals surface area contributed by atoms with Crippen LogP contribution in [-0.4, -0.2) is 19.6 Å². The van der Waals surface area contributed by atoms with Gasteiger partial charge >= 0.3 is 0 Å². The van der Waals surface area contributed by atoms with Crippen LogP contribution in [0.5, 0.6) is 0 Å².